The number of hydrogen-bond acceptors (Lipinski definition) is 2. The molecule has 0 saturated carbocycles. The molecule has 0 bridgehead atoms. The summed E-state index contributed by atoms with van der Waals surface area (Å²) < 4.78 is 5.01. The number of carbonyl (C=O) groups excluding carboxylic acids is 1. The summed E-state index contributed by atoms with van der Waals surface area (Å²) in [5, 5.41) is -0.647. The van der Waals surface area contributed by atoms with Gasteiger partial charge in [-0.2, -0.15) is 0 Å². The number of ether oxygens (including phenoxy) is 1. The van der Waals surface area contributed by atoms with Crippen LogP contribution in [0.5, 0.6) is 0 Å². The van der Waals surface area contributed by atoms with Crippen LogP contribution < -0.4 is 0 Å². The Labute approximate surface area is 99.1 Å². The molecule has 0 fully saturated rings. The van der Waals surface area contributed by atoms with Gasteiger partial charge in [-0.1, -0.05) is 30.3 Å². The fourth-order valence-electron chi connectivity index (χ4n) is 1.03. The monoisotopic (exact) mass is 246 g/mol. The average Bonchev–Trinajstić information content (AvgIpc) is 2.27. The molecule has 0 radical (unpaired) electrons. The van der Waals surface area contributed by atoms with E-state index < -0.39 is 11.3 Å². The number of carbonyl (C=O) groups is 1. The van der Waals surface area contributed by atoms with E-state index in [0.29, 0.717) is 12.3 Å². The van der Waals surface area contributed by atoms with E-state index in [9.17, 15) is 4.79 Å². The third-order valence-corrected chi connectivity index (χ3v) is 2.46. The second-order valence-corrected chi connectivity index (χ2v) is 3.94. The van der Waals surface area contributed by atoms with Gasteiger partial charge < -0.3 is 4.74 Å². The molecule has 82 valence electrons. The summed E-state index contributed by atoms with van der Waals surface area (Å²) in [5.74, 6) is -0.0598. The standard InChI is InChI=1S/C11H12Cl2O2/c12-7-6-10(13)11(14)15-8-9-4-2-1-3-5-9/h1-5,10H,6-8H2. The number of hydrogen-bond donors (Lipinski definition) is 0. The number of benzene rings is 1. The van der Waals surface area contributed by atoms with Crippen LogP contribution in [-0.2, 0) is 16.1 Å². The highest BCUT2D eigenvalue weighted by atomic mass is 35.5. The zero-order valence-corrected chi connectivity index (χ0v) is 9.67. The molecule has 1 unspecified atom stereocenters. The predicted octanol–water partition coefficient (Wildman–Crippen LogP) is 2.97. The Morgan fingerprint density at radius 3 is 2.60 bits per heavy atom. The van der Waals surface area contributed by atoms with Crippen LogP contribution in [0.25, 0.3) is 0 Å². The molecule has 1 rings (SSSR count). The average molecular weight is 247 g/mol. The third kappa shape index (κ3) is 4.54. The molecule has 0 N–H and O–H groups in total. The molecule has 0 amide bonds. The van der Waals surface area contributed by atoms with Gasteiger partial charge in [-0.3, -0.25) is 4.79 Å². The minimum Gasteiger partial charge on any atom is -0.460 e. The van der Waals surface area contributed by atoms with Crippen molar-refractivity contribution in [1.29, 1.82) is 0 Å². The second kappa shape index (κ2) is 6.70. The van der Waals surface area contributed by atoms with E-state index in [-0.39, 0.29) is 6.61 Å². The number of alkyl halides is 2. The molecule has 2 nitrogen and oxygen atoms in total. The number of rotatable bonds is 5. The minimum absolute atomic E-state index is 0.255. The molecular formula is C11H12Cl2O2. The smallest absolute Gasteiger partial charge is 0.324 e. The van der Waals surface area contributed by atoms with Crippen molar-refractivity contribution in [1.82, 2.24) is 0 Å². The Balaban J connectivity index is 2.34. The molecule has 15 heavy (non-hydrogen) atoms. The van der Waals surface area contributed by atoms with E-state index in [1.165, 1.54) is 0 Å². The van der Waals surface area contributed by atoms with Crippen molar-refractivity contribution in [3.8, 4) is 0 Å². The van der Waals surface area contributed by atoms with Gasteiger partial charge in [-0.25, -0.2) is 0 Å². The van der Waals surface area contributed by atoms with E-state index in [1.807, 2.05) is 30.3 Å². The Bertz CT molecular complexity index is 301. The lowest BCUT2D eigenvalue weighted by atomic mass is 10.2. The Morgan fingerprint density at radius 2 is 2.00 bits per heavy atom. The zero-order valence-electron chi connectivity index (χ0n) is 8.16. The first-order chi connectivity index (χ1) is 7.24. The normalized spacial score (nSPS) is 12.1. The van der Waals surface area contributed by atoms with Crippen LogP contribution >= 0.6 is 23.2 Å². The summed E-state index contributed by atoms with van der Waals surface area (Å²) >= 11 is 11.2. The number of esters is 1. The molecule has 1 atom stereocenters. The first kappa shape index (κ1) is 12.3. The molecule has 1 aromatic carbocycles. The van der Waals surface area contributed by atoms with Crippen LogP contribution in [0.2, 0.25) is 0 Å². The van der Waals surface area contributed by atoms with Crippen molar-refractivity contribution >= 4 is 29.2 Å². The Morgan fingerprint density at radius 1 is 1.33 bits per heavy atom. The van der Waals surface area contributed by atoms with Crippen molar-refractivity contribution in [3.05, 3.63) is 35.9 Å². The summed E-state index contributed by atoms with van der Waals surface area (Å²) in [6.45, 7) is 0.255. The van der Waals surface area contributed by atoms with E-state index >= 15 is 0 Å². The van der Waals surface area contributed by atoms with Gasteiger partial charge in [0.2, 0.25) is 0 Å². The van der Waals surface area contributed by atoms with Crippen LogP contribution in [0.3, 0.4) is 0 Å². The van der Waals surface area contributed by atoms with Crippen LogP contribution in [0.15, 0.2) is 30.3 Å². The molecule has 0 spiro atoms. The van der Waals surface area contributed by atoms with E-state index in [1.54, 1.807) is 0 Å². The topological polar surface area (TPSA) is 26.3 Å². The third-order valence-electron chi connectivity index (χ3n) is 1.84. The summed E-state index contributed by atoms with van der Waals surface area (Å²) in [5.41, 5.74) is 0.945. The molecule has 0 aliphatic heterocycles. The molecule has 0 aliphatic carbocycles. The number of halogens is 2. The van der Waals surface area contributed by atoms with Crippen LogP contribution in [0, 0.1) is 0 Å². The van der Waals surface area contributed by atoms with E-state index in [4.69, 9.17) is 27.9 Å². The van der Waals surface area contributed by atoms with Crippen molar-refractivity contribution in [3.63, 3.8) is 0 Å². The predicted molar refractivity (Wildman–Crippen MR) is 61.2 cm³/mol. The van der Waals surface area contributed by atoms with E-state index in [0.717, 1.165) is 5.56 Å². The van der Waals surface area contributed by atoms with Gasteiger partial charge in [0.1, 0.15) is 12.0 Å². The lowest BCUT2D eigenvalue weighted by Gasteiger charge is -2.08. The van der Waals surface area contributed by atoms with Gasteiger partial charge in [-0.05, 0) is 12.0 Å². The molecule has 0 aromatic heterocycles. The molecule has 4 heteroatoms. The maximum atomic E-state index is 11.3. The lowest BCUT2D eigenvalue weighted by Crippen LogP contribution is -2.18. The maximum absolute atomic E-state index is 11.3. The van der Waals surface area contributed by atoms with Crippen molar-refractivity contribution in [2.75, 3.05) is 5.88 Å². The maximum Gasteiger partial charge on any atom is 0.324 e. The molecular weight excluding hydrogens is 235 g/mol. The summed E-state index contributed by atoms with van der Waals surface area (Å²) in [6.07, 6.45) is 0.427. The van der Waals surface area contributed by atoms with Gasteiger partial charge in [0.25, 0.3) is 0 Å². The largest absolute Gasteiger partial charge is 0.460 e. The second-order valence-electron chi connectivity index (χ2n) is 3.04. The highest BCUT2D eigenvalue weighted by molar-refractivity contribution is 6.30. The zero-order chi connectivity index (χ0) is 11.1. The summed E-state index contributed by atoms with van der Waals surface area (Å²) in [7, 11) is 0. The van der Waals surface area contributed by atoms with Crippen molar-refractivity contribution in [2.45, 2.75) is 18.4 Å². The summed E-state index contributed by atoms with van der Waals surface area (Å²) in [4.78, 5) is 11.3. The van der Waals surface area contributed by atoms with Gasteiger partial charge in [0.05, 0.1) is 0 Å². The van der Waals surface area contributed by atoms with E-state index in [2.05, 4.69) is 0 Å². The van der Waals surface area contributed by atoms with Gasteiger partial charge >= 0.3 is 5.97 Å². The van der Waals surface area contributed by atoms with Gasteiger partial charge in [0, 0.05) is 5.88 Å². The van der Waals surface area contributed by atoms with Crippen LogP contribution in [0.1, 0.15) is 12.0 Å². The summed E-state index contributed by atoms with van der Waals surface area (Å²) in [6, 6.07) is 9.46. The Kier molecular flexibility index (Phi) is 5.51. The highest BCUT2D eigenvalue weighted by Crippen LogP contribution is 2.08. The van der Waals surface area contributed by atoms with Crippen LogP contribution in [-0.4, -0.2) is 17.2 Å². The minimum atomic E-state index is -0.647. The van der Waals surface area contributed by atoms with Gasteiger partial charge in [0.15, 0.2) is 0 Å². The van der Waals surface area contributed by atoms with Crippen LogP contribution in [0.4, 0.5) is 0 Å². The molecule has 0 heterocycles. The SMILES string of the molecule is O=C(OCc1ccccc1)C(Cl)CCCl. The van der Waals surface area contributed by atoms with Crippen molar-refractivity contribution < 1.29 is 9.53 Å². The molecule has 0 aliphatic rings. The first-order valence-electron chi connectivity index (χ1n) is 4.64. The van der Waals surface area contributed by atoms with Gasteiger partial charge in [-0.15, -0.1) is 23.2 Å². The molecule has 1 aromatic rings. The molecule has 0 saturated heterocycles. The van der Waals surface area contributed by atoms with Crippen molar-refractivity contribution in [2.24, 2.45) is 0 Å². The quantitative estimate of drug-likeness (QED) is 0.590. The first-order valence-corrected chi connectivity index (χ1v) is 5.61. The lowest BCUT2D eigenvalue weighted by molar-refractivity contribution is -0.144. The fraction of sp³-hybridized carbons (Fsp3) is 0.364. The Hall–Kier alpha value is -0.730. The fourth-order valence-corrected chi connectivity index (χ4v) is 1.53. The highest BCUT2D eigenvalue weighted by Gasteiger charge is 2.15.